The Balaban J connectivity index is 1.96. The molecule has 3 aromatic rings. The van der Waals surface area contributed by atoms with Crippen molar-refractivity contribution in [3.05, 3.63) is 77.1 Å². The fraction of sp³-hybridized carbons (Fsp3) is 0.0588. The Morgan fingerprint density at radius 2 is 1.95 bits per heavy atom. The largest absolute Gasteiger partial charge is 0.320 e. The number of aromatic nitrogens is 2. The van der Waals surface area contributed by atoms with Crippen molar-refractivity contribution in [3.8, 4) is 5.69 Å². The predicted octanol–water partition coefficient (Wildman–Crippen LogP) is 4.09. The van der Waals surface area contributed by atoms with Gasteiger partial charge in [0.05, 0.1) is 22.0 Å². The summed E-state index contributed by atoms with van der Waals surface area (Å²) in [5.41, 5.74) is 2.79. The maximum absolute atomic E-state index is 12.6. The van der Waals surface area contributed by atoms with Crippen LogP contribution >= 0.6 is 11.6 Å². The summed E-state index contributed by atoms with van der Waals surface area (Å²) in [4.78, 5) is 12.6. The number of halogens is 1. The summed E-state index contributed by atoms with van der Waals surface area (Å²) in [5, 5.41) is 7.55. The van der Waals surface area contributed by atoms with Gasteiger partial charge in [0.2, 0.25) is 0 Å². The van der Waals surface area contributed by atoms with Crippen molar-refractivity contribution in [2.24, 2.45) is 0 Å². The smallest absolute Gasteiger partial charge is 0.257 e. The third-order valence-electron chi connectivity index (χ3n) is 3.35. The minimum Gasteiger partial charge on any atom is -0.320 e. The third-order valence-corrected chi connectivity index (χ3v) is 3.67. The average molecular weight is 312 g/mol. The number of nitrogens with zero attached hydrogens (tertiary/aromatic N) is 2. The molecule has 3 rings (SSSR count). The molecule has 5 heteroatoms. The van der Waals surface area contributed by atoms with E-state index in [0.29, 0.717) is 16.3 Å². The van der Waals surface area contributed by atoms with Gasteiger partial charge in [0, 0.05) is 12.4 Å². The Labute approximate surface area is 133 Å². The van der Waals surface area contributed by atoms with Crippen molar-refractivity contribution < 1.29 is 4.79 Å². The molecule has 0 saturated carbocycles. The summed E-state index contributed by atoms with van der Waals surface area (Å²) in [6, 6.07) is 14.7. The molecule has 22 heavy (non-hydrogen) atoms. The van der Waals surface area contributed by atoms with Crippen LogP contribution in [0.5, 0.6) is 0 Å². The van der Waals surface area contributed by atoms with Gasteiger partial charge in [0.25, 0.3) is 5.91 Å². The molecule has 110 valence electrons. The number of carbonyl (C=O) groups is 1. The van der Waals surface area contributed by atoms with Gasteiger partial charge in [0.15, 0.2) is 0 Å². The number of para-hydroxylation sites is 2. The molecule has 2 aromatic carbocycles. The summed E-state index contributed by atoms with van der Waals surface area (Å²) in [6.45, 7) is 1.86. The minimum absolute atomic E-state index is 0.234. The minimum atomic E-state index is -0.234. The molecule has 0 atom stereocenters. The fourth-order valence-corrected chi connectivity index (χ4v) is 2.60. The highest BCUT2D eigenvalue weighted by Gasteiger charge is 2.15. The van der Waals surface area contributed by atoms with Crippen LogP contribution in [0, 0.1) is 6.92 Å². The first kappa shape index (κ1) is 14.4. The highest BCUT2D eigenvalue weighted by Crippen LogP contribution is 2.24. The second-order valence-electron chi connectivity index (χ2n) is 4.85. The first-order valence-electron chi connectivity index (χ1n) is 6.82. The molecule has 0 saturated heterocycles. The summed E-state index contributed by atoms with van der Waals surface area (Å²) < 4.78 is 1.70. The Morgan fingerprint density at radius 3 is 2.68 bits per heavy atom. The van der Waals surface area contributed by atoms with Gasteiger partial charge in [-0.05, 0) is 36.8 Å². The van der Waals surface area contributed by atoms with Gasteiger partial charge in [0.1, 0.15) is 0 Å². The number of nitrogens with one attached hydrogen (secondary N) is 1. The zero-order chi connectivity index (χ0) is 15.5. The number of hydrogen-bond acceptors (Lipinski definition) is 2. The number of aryl methyl sites for hydroxylation is 1. The van der Waals surface area contributed by atoms with E-state index in [0.717, 1.165) is 11.3 Å². The van der Waals surface area contributed by atoms with E-state index in [-0.39, 0.29) is 5.91 Å². The second-order valence-corrected chi connectivity index (χ2v) is 5.26. The molecular formula is C17H14ClN3O. The van der Waals surface area contributed by atoms with Crippen LogP contribution < -0.4 is 5.32 Å². The molecule has 0 radical (unpaired) electrons. The molecule has 0 aliphatic heterocycles. The molecule has 4 nitrogen and oxygen atoms in total. The Morgan fingerprint density at radius 1 is 1.14 bits per heavy atom. The van der Waals surface area contributed by atoms with Gasteiger partial charge in [-0.3, -0.25) is 4.79 Å². The molecule has 1 aromatic heterocycles. The number of anilines is 1. The van der Waals surface area contributed by atoms with Crippen molar-refractivity contribution in [1.29, 1.82) is 0 Å². The number of carbonyl (C=O) groups excluding carboxylic acids is 1. The lowest BCUT2D eigenvalue weighted by atomic mass is 10.1. The van der Waals surface area contributed by atoms with Crippen LogP contribution in [0.3, 0.4) is 0 Å². The molecule has 0 bridgehead atoms. The summed E-state index contributed by atoms with van der Waals surface area (Å²) in [7, 11) is 0. The molecule has 0 fully saturated rings. The quantitative estimate of drug-likeness (QED) is 0.792. The van der Waals surface area contributed by atoms with E-state index in [1.165, 1.54) is 0 Å². The number of hydrogen-bond donors (Lipinski definition) is 1. The second kappa shape index (κ2) is 6.03. The van der Waals surface area contributed by atoms with E-state index in [1.807, 2.05) is 55.6 Å². The maximum atomic E-state index is 12.6. The molecule has 1 heterocycles. The van der Waals surface area contributed by atoms with Crippen molar-refractivity contribution in [3.63, 3.8) is 0 Å². The lowest BCUT2D eigenvalue weighted by molar-refractivity contribution is 0.102. The van der Waals surface area contributed by atoms with Gasteiger partial charge in [-0.1, -0.05) is 35.9 Å². The number of rotatable bonds is 3. The lowest BCUT2D eigenvalue weighted by Crippen LogP contribution is -2.15. The van der Waals surface area contributed by atoms with Gasteiger partial charge in [-0.15, -0.1) is 0 Å². The van der Waals surface area contributed by atoms with E-state index < -0.39 is 0 Å². The number of amides is 1. The van der Waals surface area contributed by atoms with Gasteiger partial charge in [-0.2, -0.15) is 5.10 Å². The van der Waals surface area contributed by atoms with Crippen molar-refractivity contribution in [2.75, 3.05) is 5.32 Å². The van der Waals surface area contributed by atoms with Crippen LogP contribution in [0.15, 0.2) is 60.9 Å². The van der Waals surface area contributed by atoms with Crippen LogP contribution in [-0.4, -0.2) is 15.7 Å². The molecule has 0 aliphatic carbocycles. The Bertz CT molecular complexity index is 792. The zero-order valence-electron chi connectivity index (χ0n) is 12.0. The van der Waals surface area contributed by atoms with Gasteiger partial charge in [-0.25, -0.2) is 4.68 Å². The SMILES string of the molecule is Cc1cccc(Cl)c1C(=O)Nc1ccccc1-n1cccn1. The lowest BCUT2D eigenvalue weighted by Gasteiger charge is -2.13. The highest BCUT2D eigenvalue weighted by molar-refractivity contribution is 6.34. The monoisotopic (exact) mass is 311 g/mol. The average Bonchev–Trinajstić information content (AvgIpc) is 3.01. The van der Waals surface area contributed by atoms with E-state index >= 15 is 0 Å². The maximum Gasteiger partial charge on any atom is 0.257 e. The Kier molecular flexibility index (Phi) is 3.94. The topological polar surface area (TPSA) is 46.9 Å². The molecule has 1 N–H and O–H groups in total. The van der Waals surface area contributed by atoms with Crippen LogP contribution in [0.1, 0.15) is 15.9 Å². The van der Waals surface area contributed by atoms with E-state index in [2.05, 4.69) is 10.4 Å². The van der Waals surface area contributed by atoms with Gasteiger partial charge < -0.3 is 5.32 Å². The van der Waals surface area contributed by atoms with Crippen LogP contribution in [0.4, 0.5) is 5.69 Å². The molecule has 0 unspecified atom stereocenters. The zero-order valence-corrected chi connectivity index (χ0v) is 12.7. The fourth-order valence-electron chi connectivity index (χ4n) is 2.29. The third kappa shape index (κ3) is 2.73. The van der Waals surface area contributed by atoms with E-state index in [1.54, 1.807) is 16.9 Å². The first-order valence-corrected chi connectivity index (χ1v) is 7.20. The standard InChI is InChI=1S/C17H14ClN3O/c1-12-6-4-7-13(18)16(12)17(22)20-14-8-2-3-9-15(14)21-11-5-10-19-21/h2-11H,1H3,(H,20,22). The van der Waals surface area contributed by atoms with Crippen LogP contribution in [0.2, 0.25) is 5.02 Å². The summed E-state index contributed by atoms with van der Waals surface area (Å²) in [6.07, 6.45) is 3.52. The van der Waals surface area contributed by atoms with Crippen molar-refractivity contribution in [1.82, 2.24) is 9.78 Å². The predicted molar refractivity (Wildman–Crippen MR) is 87.7 cm³/mol. The first-order chi connectivity index (χ1) is 10.7. The number of benzene rings is 2. The van der Waals surface area contributed by atoms with E-state index in [4.69, 9.17) is 11.6 Å². The summed E-state index contributed by atoms with van der Waals surface area (Å²) >= 11 is 6.15. The molecular weight excluding hydrogens is 298 g/mol. The summed E-state index contributed by atoms with van der Waals surface area (Å²) in [5.74, 6) is -0.234. The van der Waals surface area contributed by atoms with Crippen molar-refractivity contribution in [2.45, 2.75) is 6.92 Å². The van der Waals surface area contributed by atoms with Crippen molar-refractivity contribution >= 4 is 23.2 Å². The van der Waals surface area contributed by atoms with E-state index in [9.17, 15) is 4.79 Å². The van der Waals surface area contributed by atoms with Crippen LogP contribution in [-0.2, 0) is 0 Å². The molecule has 0 aliphatic rings. The van der Waals surface area contributed by atoms with Crippen LogP contribution in [0.25, 0.3) is 5.69 Å². The highest BCUT2D eigenvalue weighted by atomic mass is 35.5. The molecule has 0 spiro atoms. The normalized spacial score (nSPS) is 10.5. The molecule has 1 amide bonds. The van der Waals surface area contributed by atoms with Gasteiger partial charge >= 0.3 is 0 Å². The Hall–Kier alpha value is -2.59.